The number of hydrogen-bond donors (Lipinski definition) is 0. The van der Waals surface area contributed by atoms with Crippen LogP contribution in [0.25, 0.3) is 0 Å². The number of halogens is 4. The molecule has 0 aromatic heterocycles. The average Bonchev–Trinajstić information content (AvgIpc) is 2.25. The fourth-order valence-electron chi connectivity index (χ4n) is 1.01. The standard InChI is InChI=1S/C9H5Cl2F2NO4/c10-7-2-1-6(14(16)17)3-5(7)4-18-8(15)9(11,12)13/h1-3H,4H2. The zero-order valence-corrected chi connectivity index (χ0v) is 10.0. The van der Waals surface area contributed by atoms with E-state index in [1.54, 1.807) is 0 Å². The number of esters is 1. The molecule has 1 aromatic rings. The molecule has 9 heteroatoms. The van der Waals surface area contributed by atoms with Crippen molar-refractivity contribution in [3.63, 3.8) is 0 Å². The van der Waals surface area contributed by atoms with E-state index in [9.17, 15) is 23.7 Å². The van der Waals surface area contributed by atoms with Crippen LogP contribution in [-0.4, -0.2) is 16.3 Å². The Morgan fingerprint density at radius 2 is 2.11 bits per heavy atom. The Morgan fingerprint density at radius 1 is 1.50 bits per heavy atom. The van der Waals surface area contributed by atoms with Gasteiger partial charge < -0.3 is 4.74 Å². The predicted molar refractivity (Wildman–Crippen MR) is 58.7 cm³/mol. The lowest BCUT2D eigenvalue weighted by Crippen LogP contribution is -2.24. The van der Waals surface area contributed by atoms with E-state index in [-0.39, 0.29) is 16.3 Å². The number of nitrogens with zero attached hydrogens (tertiary/aromatic N) is 1. The van der Waals surface area contributed by atoms with Crippen molar-refractivity contribution < 1.29 is 23.2 Å². The number of carbonyl (C=O) groups excluding carboxylic acids is 1. The molecule has 0 aliphatic carbocycles. The number of non-ortho nitro benzene ring substituents is 1. The monoisotopic (exact) mass is 299 g/mol. The molecule has 0 aliphatic heterocycles. The van der Waals surface area contributed by atoms with Gasteiger partial charge in [0.05, 0.1) is 4.92 Å². The molecule has 1 rings (SSSR count). The summed E-state index contributed by atoms with van der Waals surface area (Å²) in [5, 5.41) is 6.38. The minimum Gasteiger partial charge on any atom is -0.455 e. The van der Waals surface area contributed by atoms with Gasteiger partial charge in [-0.25, -0.2) is 4.79 Å². The highest BCUT2D eigenvalue weighted by Crippen LogP contribution is 2.25. The molecule has 0 saturated carbocycles. The fourth-order valence-corrected chi connectivity index (χ4v) is 1.24. The van der Waals surface area contributed by atoms with Gasteiger partial charge in [0.25, 0.3) is 5.69 Å². The van der Waals surface area contributed by atoms with Crippen LogP contribution in [0.4, 0.5) is 14.5 Å². The molecule has 0 N–H and O–H groups in total. The van der Waals surface area contributed by atoms with E-state index in [2.05, 4.69) is 16.3 Å². The Bertz CT molecular complexity index is 490. The molecule has 0 heterocycles. The summed E-state index contributed by atoms with van der Waals surface area (Å²) < 4.78 is 28.7. The van der Waals surface area contributed by atoms with Gasteiger partial charge in [0.1, 0.15) is 6.61 Å². The molecular weight excluding hydrogens is 295 g/mol. The van der Waals surface area contributed by atoms with Crippen molar-refractivity contribution in [2.75, 3.05) is 0 Å². The van der Waals surface area contributed by atoms with Crippen LogP contribution in [0.5, 0.6) is 0 Å². The molecule has 0 bridgehead atoms. The number of rotatable bonds is 4. The molecule has 98 valence electrons. The molecule has 0 radical (unpaired) electrons. The lowest BCUT2D eigenvalue weighted by atomic mass is 10.2. The van der Waals surface area contributed by atoms with Gasteiger partial charge in [0, 0.05) is 22.7 Å². The maximum absolute atomic E-state index is 12.3. The predicted octanol–water partition coefficient (Wildman–Crippen LogP) is 3.12. The molecule has 0 atom stereocenters. The Balaban J connectivity index is 2.82. The van der Waals surface area contributed by atoms with Crippen molar-refractivity contribution in [2.45, 2.75) is 12.0 Å². The van der Waals surface area contributed by atoms with Gasteiger partial charge in [-0.3, -0.25) is 10.1 Å². The summed E-state index contributed by atoms with van der Waals surface area (Å²) in [6, 6.07) is 3.34. The first-order chi connectivity index (χ1) is 8.21. The molecule has 0 saturated heterocycles. The molecule has 0 amide bonds. The highest BCUT2D eigenvalue weighted by Gasteiger charge is 2.38. The molecule has 0 unspecified atom stereocenters. The van der Waals surface area contributed by atoms with Gasteiger partial charge in [0.15, 0.2) is 0 Å². The third-order valence-corrected chi connectivity index (χ3v) is 2.35. The third kappa shape index (κ3) is 3.78. The summed E-state index contributed by atoms with van der Waals surface area (Å²) in [5.74, 6) is -1.95. The number of carbonyl (C=O) groups is 1. The maximum Gasteiger partial charge on any atom is 0.417 e. The van der Waals surface area contributed by atoms with Crippen LogP contribution in [-0.2, 0) is 16.1 Å². The number of alkyl halides is 3. The lowest BCUT2D eigenvalue weighted by molar-refractivity contribution is -0.384. The van der Waals surface area contributed by atoms with E-state index in [0.29, 0.717) is 0 Å². The number of benzene rings is 1. The van der Waals surface area contributed by atoms with Crippen LogP contribution >= 0.6 is 23.2 Å². The van der Waals surface area contributed by atoms with Gasteiger partial charge in [-0.2, -0.15) is 8.78 Å². The maximum atomic E-state index is 12.3. The van der Waals surface area contributed by atoms with Crippen molar-refractivity contribution in [3.05, 3.63) is 38.9 Å². The van der Waals surface area contributed by atoms with Gasteiger partial charge in [0.2, 0.25) is 0 Å². The highest BCUT2D eigenvalue weighted by atomic mass is 35.5. The first-order valence-electron chi connectivity index (χ1n) is 4.38. The van der Waals surface area contributed by atoms with E-state index in [4.69, 9.17) is 11.6 Å². The lowest BCUT2D eigenvalue weighted by Gasteiger charge is -2.09. The summed E-state index contributed by atoms with van der Waals surface area (Å²) in [6.07, 6.45) is 0. The van der Waals surface area contributed by atoms with Crippen LogP contribution < -0.4 is 0 Å². The number of nitro groups is 1. The van der Waals surface area contributed by atoms with Crippen molar-refractivity contribution >= 4 is 34.9 Å². The van der Waals surface area contributed by atoms with E-state index >= 15 is 0 Å². The Hall–Kier alpha value is -1.47. The van der Waals surface area contributed by atoms with Gasteiger partial charge in [-0.05, 0) is 17.7 Å². The fraction of sp³-hybridized carbons (Fsp3) is 0.222. The van der Waals surface area contributed by atoms with E-state index < -0.39 is 22.9 Å². The second-order valence-corrected chi connectivity index (χ2v) is 3.99. The van der Waals surface area contributed by atoms with Crippen LogP contribution in [0.2, 0.25) is 5.02 Å². The number of nitro benzene ring substituents is 1. The summed E-state index contributed by atoms with van der Waals surface area (Å²) in [5.41, 5.74) is -0.275. The Kier molecular flexibility index (Phi) is 4.42. The second kappa shape index (κ2) is 5.45. The summed E-state index contributed by atoms with van der Waals surface area (Å²) in [7, 11) is 0. The van der Waals surface area contributed by atoms with Crippen molar-refractivity contribution in [1.29, 1.82) is 0 Å². The first kappa shape index (κ1) is 14.6. The van der Waals surface area contributed by atoms with Gasteiger partial charge in [-0.1, -0.05) is 11.6 Å². The van der Waals surface area contributed by atoms with E-state index in [1.165, 1.54) is 6.07 Å². The number of hydrogen-bond acceptors (Lipinski definition) is 4. The summed E-state index contributed by atoms with van der Waals surface area (Å²) >= 11 is 10.1. The topological polar surface area (TPSA) is 69.4 Å². The van der Waals surface area contributed by atoms with E-state index in [1.807, 2.05) is 0 Å². The van der Waals surface area contributed by atoms with Crippen LogP contribution in [0.15, 0.2) is 18.2 Å². The van der Waals surface area contributed by atoms with Crippen molar-refractivity contribution in [2.24, 2.45) is 0 Å². The third-order valence-electron chi connectivity index (χ3n) is 1.83. The zero-order valence-electron chi connectivity index (χ0n) is 8.53. The summed E-state index contributed by atoms with van der Waals surface area (Å²) in [4.78, 5) is 20.5. The molecular formula is C9H5Cl2F2NO4. The second-order valence-electron chi connectivity index (χ2n) is 3.11. The Morgan fingerprint density at radius 3 is 2.61 bits per heavy atom. The molecule has 5 nitrogen and oxygen atoms in total. The smallest absolute Gasteiger partial charge is 0.417 e. The summed E-state index contributed by atoms with van der Waals surface area (Å²) in [6.45, 7) is -0.637. The molecule has 0 aliphatic rings. The minimum absolute atomic E-state index is 0.0279. The van der Waals surface area contributed by atoms with Crippen LogP contribution in [0.1, 0.15) is 5.56 Å². The SMILES string of the molecule is O=C(OCc1cc([N+](=O)[O-])ccc1Cl)C(F)(F)Cl. The molecule has 0 fully saturated rings. The van der Waals surface area contributed by atoms with Gasteiger partial charge in [-0.15, -0.1) is 0 Å². The zero-order chi connectivity index (χ0) is 13.9. The van der Waals surface area contributed by atoms with Gasteiger partial charge >= 0.3 is 11.4 Å². The largest absolute Gasteiger partial charge is 0.455 e. The van der Waals surface area contributed by atoms with Crippen LogP contribution in [0, 0.1) is 10.1 Å². The number of ether oxygens (including phenoxy) is 1. The highest BCUT2D eigenvalue weighted by molar-refractivity contribution is 6.31. The van der Waals surface area contributed by atoms with E-state index in [0.717, 1.165) is 12.1 Å². The first-order valence-corrected chi connectivity index (χ1v) is 5.14. The van der Waals surface area contributed by atoms with Crippen LogP contribution in [0.3, 0.4) is 0 Å². The normalized spacial score (nSPS) is 11.1. The molecule has 1 aromatic carbocycles. The Labute approximate surface area is 109 Å². The molecule has 0 spiro atoms. The van der Waals surface area contributed by atoms with Crippen molar-refractivity contribution in [3.8, 4) is 0 Å². The molecule has 18 heavy (non-hydrogen) atoms. The average molecular weight is 300 g/mol. The quantitative estimate of drug-likeness (QED) is 0.371. The minimum atomic E-state index is -4.15. The van der Waals surface area contributed by atoms with Crippen molar-refractivity contribution in [1.82, 2.24) is 0 Å².